The number of halogens is 9. The number of aromatic nitrogens is 1. The number of carbonyl (C=O) groups is 1. The van der Waals surface area contributed by atoms with Gasteiger partial charge < -0.3 is 10.2 Å². The first kappa shape index (κ1) is 41.2. The molecule has 254 valence electrons. The largest absolute Gasteiger partial charge is 0.416 e. The van der Waals surface area contributed by atoms with Gasteiger partial charge in [0.05, 0.1) is 11.1 Å². The van der Waals surface area contributed by atoms with Crippen LogP contribution in [0, 0.1) is 13.8 Å². The maximum atomic E-state index is 13.6. The number of amides is 1. The first-order valence-electron chi connectivity index (χ1n) is 13.9. The molecule has 1 aliphatic heterocycles. The number of pyridine rings is 1. The van der Waals surface area contributed by atoms with Gasteiger partial charge in [0.15, 0.2) is 0 Å². The van der Waals surface area contributed by atoms with E-state index >= 15 is 0 Å². The molecule has 0 radical (unpaired) electrons. The molecule has 1 fully saturated rings. The number of alkyl halides is 6. The second kappa shape index (κ2) is 17.9. The van der Waals surface area contributed by atoms with E-state index in [4.69, 9.17) is 0 Å². The molecule has 1 atom stereocenters. The fourth-order valence-corrected chi connectivity index (χ4v) is 5.08. The number of nitrogens with one attached hydrogen (secondary N) is 1. The van der Waals surface area contributed by atoms with Crippen molar-refractivity contribution in [3.8, 4) is 0 Å². The highest BCUT2D eigenvalue weighted by Gasteiger charge is 2.39. The van der Waals surface area contributed by atoms with Crippen LogP contribution >= 0.6 is 37.2 Å². The number of benzene rings is 2. The lowest BCUT2D eigenvalue weighted by molar-refractivity contribution is -0.143. The lowest BCUT2D eigenvalue weighted by Crippen LogP contribution is -2.56. The van der Waals surface area contributed by atoms with Gasteiger partial charge in [-0.3, -0.25) is 14.7 Å². The van der Waals surface area contributed by atoms with Crippen LogP contribution in [0.2, 0.25) is 0 Å². The van der Waals surface area contributed by atoms with Crippen LogP contribution in [-0.4, -0.2) is 59.5 Å². The standard InChI is InChI=1S/C32H34F6N4O.3ClH/c1-22-7-8-24(14-23(22)2)15-29-21-41(11-4-3-9-39-19-25-6-5-10-40-20-25)12-13-42(29)30(43)26-16-27(31(33,34)35)18-28(17-26)32(36,37)38;;;/h3-8,10,14,16-18,20,29,39H,9,11-13,15,19,21H2,1-2H3;3*1H/b4-3+;;;/t29-;;;/m1.../s1. The highest BCUT2D eigenvalue weighted by atomic mass is 35.5. The Balaban J connectivity index is 0.00000353. The first-order valence-corrected chi connectivity index (χ1v) is 13.9. The first-order chi connectivity index (χ1) is 20.3. The van der Waals surface area contributed by atoms with Crippen molar-refractivity contribution in [2.45, 2.75) is 45.2 Å². The number of hydrogen-bond acceptors (Lipinski definition) is 4. The van der Waals surface area contributed by atoms with Gasteiger partial charge in [-0.05, 0) is 66.8 Å². The summed E-state index contributed by atoms with van der Waals surface area (Å²) in [6.07, 6.45) is -2.17. The second-order valence-corrected chi connectivity index (χ2v) is 10.8. The molecule has 2 heterocycles. The van der Waals surface area contributed by atoms with Crippen LogP contribution in [0.25, 0.3) is 0 Å². The van der Waals surface area contributed by atoms with E-state index < -0.39 is 41.0 Å². The summed E-state index contributed by atoms with van der Waals surface area (Å²) < 4.78 is 81.0. The predicted molar refractivity (Wildman–Crippen MR) is 174 cm³/mol. The Labute approximate surface area is 283 Å². The monoisotopic (exact) mass is 712 g/mol. The van der Waals surface area contributed by atoms with Gasteiger partial charge in [-0.1, -0.05) is 36.4 Å². The molecule has 1 aliphatic rings. The number of carbonyl (C=O) groups excluding carboxylic acids is 1. The number of hydrogen-bond donors (Lipinski definition) is 1. The van der Waals surface area contributed by atoms with Crippen LogP contribution in [0.4, 0.5) is 26.3 Å². The fourth-order valence-electron chi connectivity index (χ4n) is 5.08. The molecule has 3 aromatic rings. The van der Waals surface area contributed by atoms with Gasteiger partial charge in [-0.25, -0.2) is 0 Å². The molecule has 4 rings (SSSR count). The number of piperazine rings is 1. The zero-order chi connectivity index (χ0) is 31.2. The van der Waals surface area contributed by atoms with Gasteiger partial charge in [-0.2, -0.15) is 26.3 Å². The average molecular weight is 714 g/mol. The number of rotatable bonds is 9. The van der Waals surface area contributed by atoms with E-state index in [1.165, 1.54) is 4.90 Å². The van der Waals surface area contributed by atoms with E-state index in [2.05, 4.69) is 15.2 Å². The lowest BCUT2D eigenvalue weighted by atomic mass is 9.97. The Morgan fingerprint density at radius 3 is 2.15 bits per heavy atom. The van der Waals surface area contributed by atoms with Crippen molar-refractivity contribution < 1.29 is 31.1 Å². The van der Waals surface area contributed by atoms with Crippen LogP contribution in [0.1, 0.15) is 43.7 Å². The Morgan fingerprint density at radius 2 is 1.57 bits per heavy atom. The molecule has 1 N–H and O–H groups in total. The predicted octanol–water partition coefficient (Wildman–Crippen LogP) is 7.72. The second-order valence-electron chi connectivity index (χ2n) is 10.8. The Bertz CT molecular complexity index is 1410. The molecule has 0 bridgehead atoms. The van der Waals surface area contributed by atoms with Gasteiger partial charge in [0, 0.05) is 63.3 Å². The van der Waals surface area contributed by atoms with E-state index in [0.29, 0.717) is 51.3 Å². The molecule has 5 nitrogen and oxygen atoms in total. The van der Waals surface area contributed by atoms with Gasteiger partial charge in [0.2, 0.25) is 0 Å². The lowest BCUT2D eigenvalue weighted by Gasteiger charge is -2.41. The van der Waals surface area contributed by atoms with Gasteiger partial charge in [-0.15, -0.1) is 37.2 Å². The van der Waals surface area contributed by atoms with Crippen molar-refractivity contribution in [3.63, 3.8) is 0 Å². The number of aryl methyl sites for hydroxylation is 2. The summed E-state index contributed by atoms with van der Waals surface area (Å²) in [6, 6.07) is 10.3. The van der Waals surface area contributed by atoms with Crippen LogP contribution in [0.5, 0.6) is 0 Å². The van der Waals surface area contributed by atoms with E-state index in [9.17, 15) is 31.1 Å². The molecule has 0 aliphatic carbocycles. The minimum absolute atomic E-state index is 0. The smallest absolute Gasteiger partial charge is 0.333 e. The third-order valence-electron chi connectivity index (χ3n) is 7.55. The summed E-state index contributed by atoms with van der Waals surface area (Å²) in [6.45, 7) is 6.83. The van der Waals surface area contributed by atoms with E-state index in [0.717, 1.165) is 22.3 Å². The topological polar surface area (TPSA) is 48.5 Å². The fraction of sp³-hybridized carbons (Fsp3) is 0.375. The van der Waals surface area contributed by atoms with Gasteiger partial charge in [0.25, 0.3) is 5.91 Å². The van der Waals surface area contributed by atoms with Crippen LogP contribution in [-0.2, 0) is 25.3 Å². The van der Waals surface area contributed by atoms with Crippen molar-refractivity contribution in [3.05, 3.63) is 112 Å². The molecule has 46 heavy (non-hydrogen) atoms. The van der Waals surface area contributed by atoms with Gasteiger partial charge >= 0.3 is 12.4 Å². The average Bonchev–Trinajstić information content (AvgIpc) is 2.96. The zero-order valence-electron chi connectivity index (χ0n) is 25.2. The van der Waals surface area contributed by atoms with Crippen molar-refractivity contribution in [2.75, 3.05) is 32.7 Å². The molecule has 1 amide bonds. The van der Waals surface area contributed by atoms with Crippen molar-refractivity contribution in [1.82, 2.24) is 20.1 Å². The molecular formula is C32H37Cl3F6N4O. The summed E-state index contributed by atoms with van der Waals surface area (Å²) in [4.78, 5) is 21.2. The maximum absolute atomic E-state index is 13.6. The summed E-state index contributed by atoms with van der Waals surface area (Å²) >= 11 is 0. The summed E-state index contributed by atoms with van der Waals surface area (Å²) in [5.74, 6) is -0.847. The van der Waals surface area contributed by atoms with E-state index in [1.807, 2.05) is 56.3 Å². The van der Waals surface area contributed by atoms with Gasteiger partial charge in [0.1, 0.15) is 0 Å². The zero-order valence-corrected chi connectivity index (χ0v) is 27.6. The molecule has 14 heteroatoms. The van der Waals surface area contributed by atoms with E-state index in [1.54, 1.807) is 12.4 Å². The molecule has 1 aromatic heterocycles. The Kier molecular flexibility index (Phi) is 16.0. The van der Waals surface area contributed by atoms with Crippen molar-refractivity contribution in [2.24, 2.45) is 0 Å². The summed E-state index contributed by atoms with van der Waals surface area (Å²) in [7, 11) is 0. The van der Waals surface area contributed by atoms with Crippen molar-refractivity contribution in [1.29, 1.82) is 0 Å². The summed E-state index contributed by atoms with van der Waals surface area (Å²) in [5, 5.41) is 3.30. The minimum Gasteiger partial charge on any atom is -0.333 e. The normalized spacial score (nSPS) is 15.6. The molecule has 0 saturated carbocycles. The maximum Gasteiger partial charge on any atom is 0.416 e. The quantitative estimate of drug-likeness (QED) is 0.140. The SMILES string of the molecule is Cc1ccc(C[C@@H]2CN(C/C=C/CNCc3cccnc3)CCN2C(=O)c2cc(C(F)(F)F)cc(C(F)(F)F)c2)cc1C.Cl.Cl.Cl. The number of nitrogens with zero attached hydrogens (tertiary/aromatic N) is 3. The van der Waals surface area contributed by atoms with E-state index in [-0.39, 0.29) is 49.8 Å². The van der Waals surface area contributed by atoms with Crippen LogP contribution in [0.15, 0.2) is 73.1 Å². The Hall–Kier alpha value is -2.83. The third kappa shape index (κ3) is 11.5. The minimum atomic E-state index is -5.03. The third-order valence-corrected chi connectivity index (χ3v) is 7.55. The highest BCUT2D eigenvalue weighted by molar-refractivity contribution is 5.95. The Morgan fingerprint density at radius 1 is 0.891 bits per heavy atom. The van der Waals surface area contributed by atoms with Crippen LogP contribution in [0.3, 0.4) is 0 Å². The van der Waals surface area contributed by atoms with Crippen molar-refractivity contribution >= 4 is 43.1 Å². The summed E-state index contributed by atoms with van der Waals surface area (Å²) in [5.41, 5.74) is 0.511. The molecule has 2 aromatic carbocycles. The van der Waals surface area contributed by atoms with Crippen LogP contribution < -0.4 is 5.32 Å². The molecule has 0 spiro atoms. The highest BCUT2D eigenvalue weighted by Crippen LogP contribution is 2.37. The molecular weight excluding hydrogens is 677 g/mol. The molecule has 1 saturated heterocycles. The molecule has 0 unspecified atom stereocenters.